The molecule has 3 heteroatoms. The lowest BCUT2D eigenvalue weighted by atomic mass is 9.98. The Kier molecular flexibility index (Phi) is 4.51. The van der Waals surface area contributed by atoms with Gasteiger partial charge in [0.15, 0.2) is 5.78 Å². The summed E-state index contributed by atoms with van der Waals surface area (Å²) in [5.74, 6) is 0.617. The van der Waals surface area contributed by atoms with Crippen LogP contribution in [-0.4, -0.2) is 16.9 Å². The fraction of sp³-hybridized carbons (Fsp3) is 0.294. The van der Waals surface area contributed by atoms with E-state index in [1.165, 1.54) is 0 Å². The number of benzene rings is 1. The third-order valence-electron chi connectivity index (χ3n) is 3.02. The fourth-order valence-electron chi connectivity index (χ4n) is 2.09. The zero-order valence-corrected chi connectivity index (χ0v) is 12.1. The molecule has 0 unspecified atom stereocenters. The van der Waals surface area contributed by atoms with Crippen molar-refractivity contribution in [3.8, 4) is 5.75 Å². The summed E-state index contributed by atoms with van der Waals surface area (Å²) in [6.07, 6.45) is 4.21. The molecule has 1 heterocycles. The smallest absolute Gasteiger partial charge is 0.197 e. The Bertz CT molecular complexity index is 605. The summed E-state index contributed by atoms with van der Waals surface area (Å²) in [6, 6.07) is 9.14. The molecule has 0 saturated carbocycles. The Balaban J connectivity index is 2.43. The normalized spacial score (nSPS) is 10.6. The van der Waals surface area contributed by atoms with E-state index >= 15 is 0 Å². The largest absolute Gasteiger partial charge is 0.490 e. The van der Waals surface area contributed by atoms with Crippen molar-refractivity contribution < 1.29 is 9.53 Å². The molecule has 0 spiro atoms. The first-order valence-corrected chi connectivity index (χ1v) is 6.86. The van der Waals surface area contributed by atoms with Crippen molar-refractivity contribution in [3.63, 3.8) is 0 Å². The second-order valence-electron chi connectivity index (χ2n) is 4.88. The number of carbonyl (C=O) groups excluding carboxylic acids is 1. The number of hydrogen-bond donors (Lipinski definition) is 0. The lowest BCUT2D eigenvalue weighted by Gasteiger charge is -2.14. The summed E-state index contributed by atoms with van der Waals surface area (Å²) >= 11 is 0. The molecule has 0 aliphatic carbocycles. The van der Waals surface area contributed by atoms with Gasteiger partial charge in [0.25, 0.3) is 0 Å². The second-order valence-corrected chi connectivity index (χ2v) is 4.88. The van der Waals surface area contributed by atoms with Crippen LogP contribution in [-0.2, 0) is 6.42 Å². The van der Waals surface area contributed by atoms with E-state index in [2.05, 4.69) is 4.98 Å². The molecule has 0 aliphatic rings. The molecule has 3 nitrogen and oxygen atoms in total. The molecule has 0 saturated heterocycles. The molecular formula is C17H19NO2. The summed E-state index contributed by atoms with van der Waals surface area (Å²) in [4.78, 5) is 16.8. The van der Waals surface area contributed by atoms with Gasteiger partial charge in [0.05, 0.1) is 11.7 Å². The molecule has 2 rings (SSSR count). The quantitative estimate of drug-likeness (QED) is 0.777. The average Bonchev–Trinajstić information content (AvgIpc) is 2.46. The zero-order chi connectivity index (χ0) is 14.5. The van der Waals surface area contributed by atoms with Crippen LogP contribution in [0.5, 0.6) is 5.75 Å². The maximum absolute atomic E-state index is 12.7. The number of aromatic nitrogens is 1. The van der Waals surface area contributed by atoms with E-state index in [0.29, 0.717) is 16.9 Å². The van der Waals surface area contributed by atoms with Crippen LogP contribution < -0.4 is 4.74 Å². The predicted molar refractivity (Wildman–Crippen MR) is 79.3 cm³/mol. The fourth-order valence-corrected chi connectivity index (χ4v) is 2.09. The second kappa shape index (κ2) is 6.33. The number of aryl methyl sites for hydroxylation is 1. The highest BCUT2D eigenvalue weighted by Crippen LogP contribution is 2.24. The molecule has 0 atom stereocenters. The van der Waals surface area contributed by atoms with Gasteiger partial charge in [-0.15, -0.1) is 0 Å². The SMILES string of the molecule is CCc1cnccc1C(=O)c1ccccc1OC(C)C. The summed E-state index contributed by atoms with van der Waals surface area (Å²) in [5, 5.41) is 0. The Morgan fingerprint density at radius 1 is 1.20 bits per heavy atom. The van der Waals surface area contributed by atoms with Gasteiger partial charge in [-0.1, -0.05) is 19.1 Å². The van der Waals surface area contributed by atoms with Crippen LogP contribution in [0.25, 0.3) is 0 Å². The van der Waals surface area contributed by atoms with Crippen molar-refractivity contribution in [2.75, 3.05) is 0 Å². The molecule has 20 heavy (non-hydrogen) atoms. The van der Waals surface area contributed by atoms with Crippen LogP contribution in [0.4, 0.5) is 0 Å². The number of carbonyl (C=O) groups is 1. The monoisotopic (exact) mass is 269 g/mol. The lowest BCUT2D eigenvalue weighted by molar-refractivity contribution is 0.103. The third kappa shape index (κ3) is 3.05. The van der Waals surface area contributed by atoms with Crippen LogP contribution in [0.3, 0.4) is 0 Å². The van der Waals surface area contributed by atoms with Gasteiger partial charge in [-0.3, -0.25) is 9.78 Å². The molecule has 104 valence electrons. The van der Waals surface area contributed by atoms with Crippen LogP contribution in [0.2, 0.25) is 0 Å². The van der Waals surface area contributed by atoms with Gasteiger partial charge < -0.3 is 4.74 Å². The van der Waals surface area contributed by atoms with Crippen molar-refractivity contribution in [2.24, 2.45) is 0 Å². The summed E-state index contributed by atoms with van der Waals surface area (Å²) in [7, 11) is 0. The van der Waals surface area contributed by atoms with E-state index in [1.54, 1.807) is 24.5 Å². The van der Waals surface area contributed by atoms with Crippen LogP contribution in [0.15, 0.2) is 42.7 Å². The first-order valence-electron chi connectivity index (χ1n) is 6.86. The van der Waals surface area contributed by atoms with E-state index in [1.807, 2.05) is 39.0 Å². The van der Waals surface area contributed by atoms with E-state index in [4.69, 9.17) is 4.74 Å². The lowest BCUT2D eigenvalue weighted by Crippen LogP contribution is -2.12. The Morgan fingerprint density at radius 2 is 1.95 bits per heavy atom. The molecule has 0 fully saturated rings. The van der Waals surface area contributed by atoms with Gasteiger partial charge in [-0.25, -0.2) is 0 Å². The van der Waals surface area contributed by atoms with Gasteiger partial charge in [-0.05, 0) is 44.0 Å². The number of hydrogen-bond acceptors (Lipinski definition) is 3. The molecule has 0 bridgehead atoms. The Morgan fingerprint density at radius 3 is 2.65 bits per heavy atom. The van der Waals surface area contributed by atoms with Crippen molar-refractivity contribution in [1.82, 2.24) is 4.98 Å². The number of pyridine rings is 1. The Hall–Kier alpha value is -2.16. The van der Waals surface area contributed by atoms with Crippen LogP contribution in [0, 0.1) is 0 Å². The van der Waals surface area contributed by atoms with E-state index in [9.17, 15) is 4.79 Å². The standard InChI is InChI=1S/C17H19NO2/c1-4-13-11-18-10-9-14(13)17(19)15-7-5-6-8-16(15)20-12(2)3/h5-12H,4H2,1-3H3. The van der Waals surface area contributed by atoms with Gasteiger partial charge >= 0.3 is 0 Å². The topological polar surface area (TPSA) is 39.2 Å². The van der Waals surface area contributed by atoms with E-state index in [0.717, 1.165) is 12.0 Å². The maximum Gasteiger partial charge on any atom is 0.197 e. The third-order valence-corrected chi connectivity index (χ3v) is 3.02. The van der Waals surface area contributed by atoms with E-state index < -0.39 is 0 Å². The molecule has 2 aromatic rings. The highest BCUT2D eigenvalue weighted by atomic mass is 16.5. The minimum atomic E-state index is -0.0134. The van der Waals surface area contributed by atoms with Crippen LogP contribution >= 0.6 is 0 Å². The van der Waals surface area contributed by atoms with Crippen molar-refractivity contribution in [1.29, 1.82) is 0 Å². The first-order chi connectivity index (χ1) is 9.63. The number of rotatable bonds is 5. The highest BCUT2D eigenvalue weighted by Gasteiger charge is 2.17. The molecule has 1 aromatic carbocycles. The zero-order valence-electron chi connectivity index (χ0n) is 12.1. The van der Waals surface area contributed by atoms with Gasteiger partial charge in [0.1, 0.15) is 5.75 Å². The number of ether oxygens (including phenoxy) is 1. The molecular weight excluding hydrogens is 250 g/mol. The van der Waals surface area contributed by atoms with Crippen molar-refractivity contribution >= 4 is 5.78 Å². The van der Waals surface area contributed by atoms with Crippen LogP contribution in [0.1, 0.15) is 42.3 Å². The Labute approximate surface area is 119 Å². The number of ketones is 1. The minimum absolute atomic E-state index is 0.0134. The molecule has 0 N–H and O–H groups in total. The highest BCUT2D eigenvalue weighted by molar-refractivity contribution is 6.11. The summed E-state index contributed by atoms with van der Waals surface area (Å²) in [6.45, 7) is 5.92. The molecule has 1 aromatic heterocycles. The van der Waals surface area contributed by atoms with Crippen molar-refractivity contribution in [3.05, 3.63) is 59.4 Å². The molecule has 0 aliphatic heterocycles. The van der Waals surface area contributed by atoms with Gasteiger partial charge in [-0.2, -0.15) is 0 Å². The predicted octanol–water partition coefficient (Wildman–Crippen LogP) is 3.66. The number of nitrogens with zero attached hydrogens (tertiary/aromatic N) is 1. The number of para-hydroxylation sites is 1. The maximum atomic E-state index is 12.7. The molecule has 0 radical (unpaired) electrons. The summed E-state index contributed by atoms with van der Waals surface area (Å²) in [5.41, 5.74) is 2.25. The van der Waals surface area contributed by atoms with Crippen molar-refractivity contribution in [2.45, 2.75) is 33.3 Å². The summed E-state index contributed by atoms with van der Waals surface area (Å²) < 4.78 is 5.73. The van der Waals surface area contributed by atoms with E-state index in [-0.39, 0.29) is 11.9 Å². The molecule has 0 amide bonds. The average molecular weight is 269 g/mol. The van der Waals surface area contributed by atoms with Gasteiger partial charge in [0, 0.05) is 18.0 Å². The first kappa shape index (κ1) is 14.3. The minimum Gasteiger partial charge on any atom is -0.490 e. The van der Waals surface area contributed by atoms with Gasteiger partial charge in [0.2, 0.25) is 0 Å².